The second-order valence-corrected chi connectivity index (χ2v) is 4.33. The molecule has 1 amide bonds. The Hall–Kier alpha value is -2.42. The molecule has 1 aromatic rings. The third-order valence-electron chi connectivity index (χ3n) is 2.92. The Morgan fingerprint density at radius 1 is 1.33 bits per heavy atom. The van der Waals surface area contributed by atoms with Gasteiger partial charge in [0.1, 0.15) is 0 Å². The molecule has 2 unspecified atom stereocenters. The van der Waals surface area contributed by atoms with Crippen molar-refractivity contribution in [2.24, 2.45) is 11.8 Å². The lowest BCUT2D eigenvalue weighted by molar-refractivity contribution is -0.153. The number of hydrogen-bond donors (Lipinski definition) is 4. The maximum absolute atomic E-state index is 11.9. The topological polar surface area (TPSA) is 130 Å². The molecule has 0 fully saturated rings. The molecule has 118 valence electrons. The van der Waals surface area contributed by atoms with Gasteiger partial charge in [-0.2, -0.15) is 0 Å². The Kier molecular flexibility index (Phi) is 5.85. The van der Waals surface area contributed by atoms with E-state index in [2.05, 4.69) is 5.32 Å². The molecule has 0 aliphatic rings. The number of aromatic hydroxyl groups is 2. The van der Waals surface area contributed by atoms with E-state index in [1.165, 1.54) is 14.0 Å². The molecule has 0 radical (unpaired) electrons. The molecule has 0 aromatic carbocycles. The molecule has 0 bridgehead atoms. The number of nitrogens with one attached hydrogen (secondary N) is 1. The summed E-state index contributed by atoms with van der Waals surface area (Å²) in [7, 11) is 1.38. The molecule has 1 heterocycles. The van der Waals surface area contributed by atoms with Crippen LogP contribution >= 0.6 is 0 Å². The quantitative estimate of drug-likeness (QED) is 0.555. The predicted octanol–water partition coefficient (Wildman–Crippen LogP) is -0.545. The van der Waals surface area contributed by atoms with Gasteiger partial charge in [-0.25, -0.2) is 9.59 Å². The molecule has 0 aliphatic carbocycles. The molecule has 0 spiro atoms. The lowest BCUT2D eigenvalue weighted by Crippen LogP contribution is -2.35. The van der Waals surface area contributed by atoms with Gasteiger partial charge in [-0.1, -0.05) is 6.92 Å². The summed E-state index contributed by atoms with van der Waals surface area (Å²) >= 11 is 0. The number of alkyl carbamates (subject to hydrolysis) is 1. The van der Waals surface area contributed by atoms with Crippen molar-refractivity contribution in [3.05, 3.63) is 12.1 Å². The van der Waals surface area contributed by atoms with E-state index in [-0.39, 0.29) is 6.61 Å². The summed E-state index contributed by atoms with van der Waals surface area (Å²) in [6, 6.07) is 2.29. The van der Waals surface area contributed by atoms with E-state index >= 15 is 0 Å². The van der Waals surface area contributed by atoms with E-state index in [9.17, 15) is 24.9 Å². The third-order valence-corrected chi connectivity index (χ3v) is 2.92. The number of ether oxygens (including phenoxy) is 1. The van der Waals surface area contributed by atoms with Gasteiger partial charge in [-0.05, 0) is 0 Å². The van der Waals surface area contributed by atoms with Crippen LogP contribution in [0.5, 0.6) is 11.8 Å². The molecule has 2 atom stereocenters. The molecule has 0 saturated carbocycles. The van der Waals surface area contributed by atoms with E-state index in [1.807, 2.05) is 0 Å². The zero-order chi connectivity index (χ0) is 16.0. The lowest BCUT2D eigenvalue weighted by Gasteiger charge is -2.20. The van der Waals surface area contributed by atoms with Crippen LogP contribution in [0.2, 0.25) is 0 Å². The maximum Gasteiger partial charge on any atom is 0.406 e. The van der Waals surface area contributed by atoms with Crippen molar-refractivity contribution >= 4 is 12.1 Å². The van der Waals surface area contributed by atoms with Crippen molar-refractivity contribution in [2.45, 2.75) is 6.92 Å². The number of aliphatic hydroxyl groups is 1. The van der Waals surface area contributed by atoms with E-state index in [0.29, 0.717) is 4.73 Å². The SMILES string of the molecule is CNC(=O)OCC(CO)C(C)C(=O)On1c(O)ccc1O. The molecule has 0 saturated heterocycles. The number of amides is 1. The van der Waals surface area contributed by atoms with E-state index in [4.69, 9.17) is 9.57 Å². The van der Waals surface area contributed by atoms with Gasteiger partial charge in [0.15, 0.2) is 0 Å². The highest BCUT2D eigenvalue weighted by Gasteiger charge is 2.28. The number of carbonyl (C=O) groups excluding carboxylic acids is 2. The summed E-state index contributed by atoms with van der Waals surface area (Å²) in [4.78, 5) is 27.7. The molecule has 1 aromatic heterocycles. The summed E-state index contributed by atoms with van der Waals surface area (Å²) in [5.41, 5.74) is 0. The van der Waals surface area contributed by atoms with Gasteiger partial charge in [-0.3, -0.25) is 0 Å². The highest BCUT2D eigenvalue weighted by molar-refractivity contribution is 5.73. The van der Waals surface area contributed by atoms with E-state index in [0.717, 1.165) is 12.1 Å². The zero-order valence-electron chi connectivity index (χ0n) is 11.6. The van der Waals surface area contributed by atoms with Crippen molar-refractivity contribution in [2.75, 3.05) is 20.3 Å². The number of aromatic nitrogens is 1. The first kappa shape index (κ1) is 16.6. The van der Waals surface area contributed by atoms with Crippen molar-refractivity contribution < 1.29 is 34.5 Å². The number of carbonyl (C=O) groups is 2. The summed E-state index contributed by atoms with van der Waals surface area (Å²) < 4.78 is 5.32. The van der Waals surface area contributed by atoms with Crippen molar-refractivity contribution in [1.29, 1.82) is 0 Å². The maximum atomic E-state index is 11.9. The van der Waals surface area contributed by atoms with Gasteiger partial charge in [0, 0.05) is 31.7 Å². The van der Waals surface area contributed by atoms with Gasteiger partial charge in [0.05, 0.1) is 12.5 Å². The molecular formula is C12H18N2O7. The number of nitrogens with zero attached hydrogens (tertiary/aromatic N) is 1. The molecule has 4 N–H and O–H groups in total. The average molecular weight is 302 g/mol. The number of aliphatic hydroxyl groups excluding tert-OH is 1. The standard InChI is InChI=1S/C12H18N2O7/c1-7(8(5-15)6-20-12(19)13-2)11(18)21-14-9(16)3-4-10(14)17/h3-4,7-8,15-17H,5-6H2,1-2H3,(H,13,19). The molecule has 21 heavy (non-hydrogen) atoms. The number of hydrogen-bond acceptors (Lipinski definition) is 7. The Bertz CT molecular complexity index is 480. The van der Waals surface area contributed by atoms with Crippen molar-refractivity contribution in [1.82, 2.24) is 10.0 Å². The highest BCUT2D eigenvalue weighted by atomic mass is 16.7. The minimum atomic E-state index is -0.833. The van der Waals surface area contributed by atoms with Crippen LogP contribution in [-0.4, -0.2) is 52.4 Å². The summed E-state index contributed by atoms with van der Waals surface area (Å²) in [5, 5.41) is 30.2. The van der Waals surface area contributed by atoms with Gasteiger partial charge in [-0.15, -0.1) is 4.73 Å². The van der Waals surface area contributed by atoms with E-state index in [1.54, 1.807) is 0 Å². The zero-order valence-corrected chi connectivity index (χ0v) is 11.6. The van der Waals surface area contributed by atoms with Crippen molar-refractivity contribution in [3.8, 4) is 11.8 Å². The normalized spacial score (nSPS) is 13.3. The van der Waals surface area contributed by atoms with Gasteiger partial charge in [0.25, 0.3) is 0 Å². The second-order valence-electron chi connectivity index (χ2n) is 4.33. The first-order chi connectivity index (χ1) is 9.90. The van der Waals surface area contributed by atoms with Crippen molar-refractivity contribution in [3.63, 3.8) is 0 Å². The molecule has 9 nitrogen and oxygen atoms in total. The molecule has 9 heteroatoms. The first-order valence-electron chi connectivity index (χ1n) is 6.17. The van der Waals surface area contributed by atoms with Gasteiger partial charge >= 0.3 is 12.1 Å². The Labute approximate surface area is 120 Å². The molecule has 1 rings (SSSR count). The van der Waals surface area contributed by atoms with Crippen LogP contribution < -0.4 is 10.2 Å². The van der Waals surface area contributed by atoms with Crippen LogP contribution in [0.25, 0.3) is 0 Å². The molecular weight excluding hydrogens is 284 g/mol. The summed E-state index contributed by atoms with van der Waals surface area (Å²) in [5.74, 6) is -3.22. The van der Waals surface area contributed by atoms with Crippen LogP contribution in [0.4, 0.5) is 4.79 Å². The largest absolute Gasteiger partial charge is 0.492 e. The van der Waals surface area contributed by atoms with Crippen LogP contribution in [0, 0.1) is 11.8 Å². The fourth-order valence-corrected chi connectivity index (χ4v) is 1.47. The first-order valence-corrected chi connectivity index (χ1v) is 6.17. The molecule has 0 aliphatic heterocycles. The van der Waals surface area contributed by atoms with Crippen LogP contribution in [0.15, 0.2) is 12.1 Å². The van der Waals surface area contributed by atoms with E-state index < -0.39 is 42.3 Å². The van der Waals surface area contributed by atoms with Crippen LogP contribution in [-0.2, 0) is 9.53 Å². The Morgan fingerprint density at radius 2 is 1.90 bits per heavy atom. The minimum absolute atomic E-state index is 0.184. The smallest absolute Gasteiger partial charge is 0.406 e. The van der Waals surface area contributed by atoms with Crippen LogP contribution in [0.3, 0.4) is 0 Å². The van der Waals surface area contributed by atoms with Gasteiger partial charge < -0.3 is 30.2 Å². The van der Waals surface area contributed by atoms with Crippen LogP contribution in [0.1, 0.15) is 6.92 Å². The lowest BCUT2D eigenvalue weighted by atomic mass is 9.96. The second kappa shape index (κ2) is 7.39. The Balaban J connectivity index is 2.65. The number of rotatable bonds is 6. The monoisotopic (exact) mass is 302 g/mol. The summed E-state index contributed by atoms with van der Waals surface area (Å²) in [6.07, 6.45) is -0.685. The minimum Gasteiger partial charge on any atom is -0.492 e. The Morgan fingerprint density at radius 3 is 2.38 bits per heavy atom. The predicted molar refractivity (Wildman–Crippen MR) is 69.5 cm³/mol. The average Bonchev–Trinajstić information content (AvgIpc) is 2.78. The fraction of sp³-hybridized carbons (Fsp3) is 0.500. The third kappa shape index (κ3) is 4.28. The summed E-state index contributed by atoms with van der Waals surface area (Å²) in [6.45, 7) is 0.876. The fourth-order valence-electron chi connectivity index (χ4n) is 1.47. The highest BCUT2D eigenvalue weighted by Crippen LogP contribution is 2.20. The van der Waals surface area contributed by atoms with Gasteiger partial charge in [0.2, 0.25) is 11.8 Å².